The fraction of sp³-hybridized carbons (Fsp3) is 0. The molecular formula is C7H4OS2. The van der Waals surface area contributed by atoms with Gasteiger partial charge in [-0.25, -0.2) is 0 Å². The Morgan fingerprint density at radius 3 is 3.10 bits per heavy atom. The lowest BCUT2D eigenvalue weighted by molar-refractivity contribution is 0.112. The van der Waals surface area contributed by atoms with E-state index in [1.165, 1.54) is 16.0 Å². The first-order valence-electron chi connectivity index (χ1n) is 2.81. The van der Waals surface area contributed by atoms with Gasteiger partial charge in [-0.1, -0.05) is 0 Å². The van der Waals surface area contributed by atoms with Gasteiger partial charge in [0.25, 0.3) is 0 Å². The highest BCUT2D eigenvalue weighted by atomic mass is 32.1. The predicted molar refractivity (Wildman–Crippen MR) is 45.1 cm³/mol. The molecule has 1 nitrogen and oxygen atoms in total. The number of hydrogen-bond donors (Lipinski definition) is 0. The van der Waals surface area contributed by atoms with Gasteiger partial charge >= 0.3 is 0 Å². The zero-order valence-corrected chi connectivity index (χ0v) is 6.67. The molecule has 0 radical (unpaired) electrons. The van der Waals surface area contributed by atoms with E-state index in [9.17, 15) is 4.79 Å². The summed E-state index contributed by atoms with van der Waals surface area (Å²) in [6.45, 7) is 0. The topological polar surface area (TPSA) is 17.1 Å². The standard InChI is InChI=1S/C7H4OS2/c8-3-6-5-1-2-9-7(5)4-10-6/h1-4H. The van der Waals surface area contributed by atoms with Crippen LogP contribution in [0.5, 0.6) is 0 Å². The summed E-state index contributed by atoms with van der Waals surface area (Å²) in [5.74, 6) is 0. The Morgan fingerprint density at radius 2 is 2.30 bits per heavy atom. The van der Waals surface area contributed by atoms with E-state index in [0.717, 1.165) is 16.5 Å². The Kier molecular flexibility index (Phi) is 1.32. The molecule has 2 aromatic heterocycles. The molecule has 3 heteroatoms. The quantitative estimate of drug-likeness (QED) is 0.598. The summed E-state index contributed by atoms with van der Waals surface area (Å²) in [5, 5.41) is 5.12. The van der Waals surface area contributed by atoms with Gasteiger partial charge in [0.05, 0.1) is 4.88 Å². The van der Waals surface area contributed by atoms with Gasteiger partial charge in [0.2, 0.25) is 0 Å². The summed E-state index contributed by atoms with van der Waals surface area (Å²) in [4.78, 5) is 11.2. The first kappa shape index (κ1) is 6.07. The Morgan fingerprint density at radius 1 is 1.40 bits per heavy atom. The van der Waals surface area contributed by atoms with Crippen molar-refractivity contribution < 1.29 is 4.79 Å². The summed E-state index contributed by atoms with van der Waals surface area (Å²) in [5.41, 5.74) is 0. The number of thiophene rings is 2. The average Bonchev–Trinajstić information content (AvgIpc) is 2.44. The molecule has 0 saturated carbocycles. The third kappa shape index (κ3) is 0.711. The van der Waals surface area contributed by atoms with Gasteiger partial charge in [0.15, 0.2) is 6.29 Å². The van der Waals surface area contributed by atoms with Crippen LogP contribution in [0.25, 0.3) is 10.1 Å². The number of fused-ring (bicyclic) bond motifs is 1. The Labute approximate surface area is 65.9 Å². The molecule has 0 saturated heterocycles. The van der Waals surface area contributed by atoms with Crippen molar-refractivity contribution in [1.29, 1.82) is 0 Å². The van der Waals surface area contributed by atoms with E-state index in [2.05, 4.69) is 0 Å². The fourth-order valence-electron chi connectivity index (χ4n) is 0.888. The lowest BCUT2D eigenvalue weighted by Crippen LogP contribution is -1.66. The summed E-state index contributed by atoms with van der Waals surface area (Å²) < 4.78 is 1.21. The van der Waals surface area contributed by atoms with Gasteiger partial charge < -0.3 is 0 Å². The summed E-state index contributed by atoms with van der Waals surface area (Å²) in [6.07, 6.45) is 0.916. The number of aldehydes is 1. The molecule has 0 atom stereocenters. The van der Waals surface area contributed by atoms with E-state index >= 15 is 0 Å². The van der Waals surface area contributed by atoms with Gasteiger partial charge in [-0.05, 0) is 11.4 Å². The predicted octanol–water partition coefficient (Wildman–Crippen LogP) is 2.78. The van der Waals surface area contributed by atoms with Crippen molar-refractivity contribution in [2.75, 3.05) is 0 Å². The molecule has 2 aromatic rings. The zero-order valence-electron chi connectivity index (χ0n) is 5.03. The Bertz CT molecular complexity index is 358. The summed E-state index contributed by atoms with van der Waals surface area (Å²) in [7, 11) is 0. The molecule has 0 aliphatic carbocycles. The average molecular weight is 168 g/mol. The van der Waals surface area contributed by atoms with Crippen molar-refractivity contribution in [3.63, 3.8) is 0 Å². The molecule has 0 unspecified atom stereocenters. The van der Waals surface area contributed by atoms with Crippen LogP contribution in [0, 0.1) is 0 Å². The molecule has 50 valence electrons. The van der Waals surface area contributed by atoms with Crippen molar-refractivity contribution in [2.24, 2.45) is 0 Å². The minimum atomic E-state index is 0.844. The van der Waals surface area contributed by atoms with Crippen LogP contribution in [0.4, 0.5) is 0 Å². The van der Waals surface area contributed by atoms with E-state index in [1.807, 2.05) is 16.8 Å². The highest BCUT2D eigenvalue weighted by Gasteiger charge is 2.01. The molecule has 0 aliphatic heterocycles. The van der Waals surface area contributed by atoms with Crippen LogP contribution in [0.1, 0.15) is 9.67 Å². The maximum absolute atomic E-state index is 10.4. The van der Waals surface area contributed by atoms with Crippen LogP contribution in [-0.2, 0) is 0 Å². The number of hydrogen-bond acceptors (Lipinski definition) is 3. The molecule has 0 amide bonds. The van der Waals surface area contributed by atoms with Gasteiger partial charge in [0, 0.05) is 15.5 Å². The SMILES string of the molecule is O=Cc1scc2sccc12. The van der Waals surface area contributed by atoms with Crippen molar-refractivity contribution in [1.82, 2.24) is 0 Å². The molecule has 0 aromatic carbocycles. The molecule has 0 N–H and O–H groups in total. The molecule has 2 heterocycles. The first-order valence-corrected chi connectivity index (χ1v) is 4.57. The van der Waals surface area contributed by atoms with Gasteiger partial charge in [-0.2, -0.15) is 0 Å². The van der Waals surface area contributed by atoms with Crippen LogP contribution in [0.15, 0.2) is 16.8 Å². The van der Waals surface area contributed by atoms with E-state index in [4.69, 9.17) is 0 Å². The highest BCUT2D eigenvalue weighted by molar-refractivity contribution is 7.22. The van der Waals surface area contributed by atoms with Crippen LogP contribution in [0.3, 0.4) is 0 Å². The smallest absolute Gasteiger partial charge is 0.160 e. The van der Waals surface area contributed by atoms with Crippen LogP contribution in [0.2, 0.25) is 0 Å². The monoisotopic (exact) mass is 168 g/mol. The molecule has 0 spiro atoms. The second-order valence-corrected chi connectivity index (χ2v) is 3.78. The minimum Gasteiger partial charge on any atom is -0.297 e. The second-order valence-electron chi connectivity index (χ2n) is 1.92. The van der Waals surface area contributed by atoms with Gasteiger partial charge in [-0.3, -0.25) is 4.79 Å². The Hall–Kier alpha value is -0.670. The van der Waals surface area contributed by atoms with E-state index in [-0.39, 0.29) is 0 Å². The fourth-order valence-corrected chi connectivity index (χ4v) is 2.70. The molecular weight excluding hydrogens is 164 g/mol. The molecule has 2 rings (SSSR count). The van der Waals surface area contributed by atoms with Crippen molar-refractivity contribution >= 4 is 39.0 Å². The van der Waals surface area contributed by atoms with E-state index in [1.54, 1.807) is 11.3 Å². The third-order valence-corrected chi connectivity index (χ3v) is 3.30. The van der Waals surface area contributed by atoms with Crippen molar-refractivity contribution in [3.05, 3.63) is 21.7 Å². The third-order valence-electron chi connectivity index (χ3n) is 1.36. The number of carbonyl (C=O) groups is 1. The number of carbonyl (C=O) groups excluding carboxylic acids is 1. The highest BCUT2D eigenvalue weighted by Crippen LogP contribution is 2.28. The largest absolute Gasteiger partial charge is 0.297 e. The number of rotatable bonds is 1. The van der Waals surface area contributed by atoms with Gasteiger partial charge in [-0.15, -0.1) is 22.7 Å². The van der Waals surface area contributed by atoms with E-state index < -0.39 is 0 Å². The second kappa shape index (κ2) is 2.18. The zero-order chi connectivity index (χ0) is 6.97. The summed E-state index contributed by atoms with van der Waals surface area (Å²) in [6, 6.07) is 1.99. The summed E-state index contributed by atoms with van der Waals surface area (Å²) >= 11 is 3.19. The van der Waals surface area contributed by atoms with Crippen LogP contribution in [-0.4, -0.2) is 6.29 Å². The van der Waals surface area contributed by atoms with Crippen LogP contribution >= 0.6 is 22.7 Å². The lowest BCUT2D eigenvalue weighted by Gasteiger charge is -1.75. The normalized spacial score (nSPS) is 10.4. The van der Waals surface area contributed by atoms with Crippen molar-refractivity contribution in [2.45, 2.75) is 0 Å². The maximum atomic E-state index is 10.4. The van der Waals surface area contributed by atoms with Crippen molar-refractivity contribution in [3.8, 4) is 0 Å². The molecule has 0 fully saturated rings. The van der Waals surface area contributed by atoms with Crippen LogP contribution < -0.4 is 0 Å². The van der Waals surface area contributed by atoms with E-state index in [0.29, 0.717) is 0 Å². The van der Waals surface area contributed by atoms with Gasteiger partial charge in [0.1, 0.15) is 0 Å². The minimum absolute atomic E-state index is 0.844. The Balaban J connectivity index is 2.88. The molecule has 0 aliphatic rings. The lowest BCUT2D eigenvalue weighted by atomic mass is 10.3. The first-order chi connectivity index (χ1) is 4.92. The maximum Gasteiger partial charge on any atom is 0.160 e. The molecule has 0 bridgehead atoms. The molecule has 10 heavy (non-hydrogen) atoms.